The molecule has 0 radical (unpaired) electrons. The van der Waals surface area contributed by atoms with Crippen molar-refractivity contribution in [2.24, 2.45) is 0 Å². The van der Waals surface area contributed by atoms with Gasteiger partial charge in [-0.1, -0.05) is 0 Å². The maximum Gasteiger partial charge on any atom is 0.147 e. The van der Waals surface area contributed by atoms with E-state index in [1.54, 1.807) is 0 Å². The Morgan fingerprint density at radius 1 is 1.47 bits per heavy atom. The minimum absolute atomic E-state index is 0.244. The number of nitrogens with zero attached hydrogens (tertiary/aromatic N) is 1. The van der Waals surface area contributed by atoms with Gasteiger partial charge >= 0.3 is 0 Å². The number of hydrogen-bond acceptors (Lipinski definition) is 3. The van der Waals surface area contributed by atoms with Crippen molar-refractivity contribution in [2.45, 2.75) is 6.10 Å². The lowest BCUT2D eigenvalue weighted by Gasteiger charge is -2.10. The van der Waals surface area contributed by atoms with E-state index in [-0.39, 0.29) is 5.56 Å². The van der Waals surface area contributed by atoms with Crippen molar-refractivity contribution in [1.82, 2.24) is 4.98 Å². The van der Waals surface area contributed by atoms with Gasteiger partial charge in [-0.15, -0.1) is 11.3 Å². The lowest BCUT2D eigenvalue weighted by Crippen LogP contribution is -2.01. The second-order valence-corrected chi connectivity index (χ2v) is 4.73. The molecule has 0 aliphatic rings. The Bertz CT molecular complexity index is 474. The van der Waals surface area contributed by atoms with E-state index in [0.29, 0.717) is 4.88 Å². The summed E-state index contributed by atoms with van der Waals surface area (Å²) in [5.74, 6) is -0.495. The first-order valence-corrected chi connectivity index (χ1v) is 5.88. The van der Waals surface area contributed by atoms with Crippen LogP contribution in [0, 0.1) is 5.82 Å². The van der Waals surface area contributed by atoms with Crippen LogP contribution in [0.2, 0.25) is 0 Å². The molecule has 0 aliphatic heterocycles. The van der Waals surface area contributed by atoms with Gasteiger partial charge in [-0.3, -0.25) is 4.98 Å². The van der Waals surface area contributed by atoms with Crippen molar-refractivity contribution in [3.8, 4) is 0 Å². The molecule has 1 N–H and O–H groups in total. The number of aliphatic hydroxyl groups is 1. The van der Waals surface area contributed by atoms with Gasteiger partial charge in [0, 0.05) is 16.2 Å². The van der Waals surface area contributed by atoms with Crippen LogP contribution in [0.25, 0.3) is 0 Å². The van der Waals surface area contributed by atoms with E-state index in [1.807, 2.05) is 11.4 Å². The highest BCUT2D eigenvalue weighted by Gasteiger charge is 2.18. The maximum atomic E-state index is 13.3. The van der Waals surface area contributed by atoms with Crippen molar-refractivity contribution in [2.75, 3.05) is 0 Å². The Labute approximate surface area is 98.5 Å². The third kappa shape index (κ3) is 2.09. The van der Waals surface area contributed by atoms with Crippen LogP contribution >= 0.6 is 27.3 Å². The van der Waals surface area contributed by atoms with Crippen LogP contribution in [0.5, 0.6) is 0 Å². The summed E-state index contributed by atoms with van der Waals surface area (Å²) in [6, 6.07) is 3.30. The lowest BCUT2D eigenvalue weighted by molar-refractivity contribution is 0.218. The second-order valence-electron chi connectivity index (χ2n) is 2.93. The van der Waals surface area contributed by atoms with Gasteiger partial charge < -0.3 is 5.11 Å². The van der Waals surface area contributed by atoms with Crippen LogP contribution in [-0.4, -0.2) is 10.1 Å². The Morgan fingerprint density at radius 3 is 2.87 bits per heavy atom. The van der Waals surface area contributed by atoms with Gasteiger partial charge in [0.05, 0.1) is 11.1 Å². The average molecular weight is 288 g/mol. The lowest BCUT2D eigenvalue weighted by atomic mass is 10.1. The molecule has 5 heteroatoms. The molecule has 2 rings (SSSR count). The summed E-state index contributed by atoms with van der Waals surface area (Å²) >= 11 is 4.68. The predicted molar refractivity (Wildman–Crippen MR) is 60.3 cm³/mol. The van der Waals surface area contributed by atoms with Gasteiger partial charge in [-0.25, -0.2) is 4.39 Å². The molecule has 2 nitrogen and oxygen atoms in total. The van der Waals surface area contributed by atoms with Crippen LogP contribution < -0.4 is 0 Å². The molecule has 0 amide bonds. The van der Waals surface area contributed by atoms with Crippen LogP contribution in [0.3, 0.4) is 0 Å². The highest BCUT2D eigenvalue weighted by atomic mass is 79.9. The van der Waals surface area contributed by atoms with Crippen molar-refractivity contribution < 1.29 is 9.50 Å². The van der Waals surface area contributed by atoms with Crippen LogP contribution in [0.1, 0.15) is 16.5 Å². The minimum atomic E-state index is -0.942. The third-order valence-electron chi connectivity index (χ3n) is 1.99. The fourth-order valence-electron chi connectivity index (χ4n) is 1.25. The summed E-state index contributed by atoms with van der Waals surface area (Å²) in [7, 11) is 0. The van der Waals surface area contributed by atoms with Crippen LogP contribution in [-0.2, 0) is 0 Å². The summed E-state index contributed by atoms with van der Waals surface area (Å²) in [4.78, 5) is 4.33. The molecule has 1 unspecified atom stereocenters. The number of rotatable bonds is 2. The molecule has 0 saturated carbocycles. The Morgan fingerprint density at radius 2 is 2.27 bits per heavy atom. The smallest absolute Gasteiger partial charge is 0.147 e. The summed E-state index contributed by atoms with van der Waals surface area (Å²) in [6.45, 7) is 0. The monoisotopic (exact) mass is 287 g/mol. The summed E-state index contributed by atoms with van der Waals surface area (Å²) in [6.07, 6.45) is 1.62. The number of aliphatic hydroxyl groups excluding tert-OH is 1. The molecule has 2 heterocycles. The molecule has 78 valence electrons. The number of halogens is 2. The molecule has 2 aromatic heterocycles. The first kappa shape index (κ1) is 10.7. The van der Waals surface area contributed by atoms with Crippen LogP contribution in [0.4, 0.5) is 4.39 Å². The normalized spacial score (nSPS) is 12.7. The van der Waals surface area contributed by atoms with E-state index in [2.05, 4.69) is 20.9 Å². The molecule has 0 aliphatic carbocycles. The zero-order chi connectivity index (χ0) is 10.8. The number of pyridine rings is 1. The van der Waals surface area contributed by atoms with E-state index in [4.69, 9.17) is 0 Å². The summed E-state index contributed by atoms with van der Waals surface area (Å²) < 4.78 is 14.1. The zero-order valence-electron chi connectivity index (χ0n) is 7.52. The molecule has 0 aromatic carbocycles. The van der Waals surface area contributed by atoms with Crippen molar-refractivity contribution in [1.29, 1.82) is 0 Å². The van der Waals surface area contributed by atoms with Gasteiger partial charge in [-0.05, 0) is 33.4 Å². The predicted octanol–water partition coefficient (Wildman–Crippen LogP) is 3.13. The average Bonchev–Trinajstić information content (AvgIpc) is 2.64. The maximum absolute atomic E-state index is 13.3. The third-order valence-corrected chi connectivity index (χ3v) is 3.91. The highest BCUT2D eigenvalue weighted by Crippen LogP contribution is 2.33. The van der Waals surface area contributed by atoms with Crippen molar-refractivity contribution >= 4 is 27.3 Å². The van der Waals surface area contributed by atoms with E-state index in [9.17, 15) is 9.50 Å². The topological polar surface area (TPSA) is 33.1 Å². The molecule has 15 heavy (non-hydrogen) atoms. The Balaban J connectivity index is 2.41. The highest BCUT2D eigenvalue weighted by molar-refractivity contribution is 9.10. The molecule has 0 fully saturated rings. The standard InChI is InChI=1S/C10H7BrFNOS/c11-7-2-4-15-10(7)9(14)6-1-3-13-5-8(6)12/h1-5,9,14H. The summed E-state index contributed by atoms with van der Waals surface area (Å²) in [5, 5.41) is 11.8. The molecule has 0 saturated heterocycles. The molecular weight excluding hydrogens is 281 g/mol. The van der Waals surface area contributed by atoms with Gasteiger partial charge in [0.15, 0.2) is 0 Å². The van der Waals surface area contributed by atoms with Gasteiger partial charge in [0.2, 0.25) is 0 Å². The summed E-state index contributed by atoms with van der Waals surface area (Å²) in [5.41, 5.74) is 0.244. The fraction of sp³-hybridized carbons (Fsp3) is 0.100. The minimum Gasteiger partial charge on any atom is -0.383 e. The molecule has 2 aromatic rings. The van der Waals surface area contributed by atoms with E-state index in [0.717, 1.165) is 10.7 Å². The van der Waals surface area contributed by atoms with Crippen molar-refractivity contribution in [3.05, 3.63) is 50.6 Å². The van der Waals surface area contributed by atoms with E-state index >= 15 is 0 Å². The fourth-order valence-corrected chi connectivity index (χ4v) is 2.84. The second kappa shape index (κ2) is 4.38. The molecule has 0 spiro atoms. The first-order chi connectivity index (χ1) is 7.20. The molecular formula is C10H7BrFNOS. The number of aromatic nitrogens is 1. The van der Waals surface area contributed by atoms with Crippen LogP contribution in [0.15, 0.2) is 34.4 Å². The van der Waals surface area contributed by atoms with Gasteiger partial charge in [0.25, 0.3) is 0 Å². The zero-order valence-corrected chi connectivity index (χ0v) is 9.93. The van der Waals surface area contributed by atoms with Crippen molar-refractivity contribution in [3.63, 3.8) is 0 Å². The SMILES string of the molecule is OC(c1ccncc1F)c1sccc1Br. The molecule has 0 bridgehead atoms. The Hall–Kier alpha value is -0.780. The van der Waals surface area contributed by atoms with Gasteiger partial charge in [0.1, 0.15) is 11.9 Å². The number of hydrogen-bond donors (Lipinski definition) is 1. The quantitative estimate of drug-likeness (QED) is 0.921. The largest absolute Gasteiger partial charge is 0.383 e. The van der Waals surface area contributed by atoms with E-state index in [1.165, 1.54) is 23.6 Å². The van der Waals surface area contributed by atoms with E-state index < -0.39 is 11.9 Å². The Kier molecular flexibility index (Phi) is 3.14. The van der Waals surface area contributed by atoms with Gasteiger partial charge in [-0.2, -0.15) is 0 Å². The first-order valence-electron chi connectivity index (χ1n) is 4.20. The number of thiophene rings is 1. The molecule has 1 atom stereocenters.